The third kappa shape index (κ3) is 4.35. The lowest BCUT2D eigenvalue weighted by atomic mass is 10.1. The minimum Gasteiger partial charge on any atom is -0.370 e. The molecule has 2 aromatic carbocycles. The second-order valence-electron chi connectivity index (χ2n) is 7.72. The van der Waals surface area contributed by atoms with Crippen LogP contribution in [0.15, 0.2) is 71.6 Å². The average molecular weight is 479 g/mol. The molecule has 3 heterocycles. The van der Waals surface area contributed by atoms with Crippen molar-refractivity contribution in [3.63, 3.8) is 0 Å². The van der Waals surface area contributed by atoms with E-state index in [9.17, 15) is 0 Å². The average Bonchev–Trinajstić information content (AvgIpc) is 3.21. The fourth-order valence-electron chi connectivity index (χ4n) is 4.10. The van der Waals surface area contributed by atoms with Crippen LogP contribution in [0.2, 0.25) is 0 Å². The number of ether oxygens (including phenoxy) is 1. The zero-order valence-corrected chi connectivity index (χ0v) is 18.8. The molecule has 1 saturated heterocycles. The van der Waals surface area contributed by atoms with E-state index in [1.807, 2.05) is 6.07 Å². The van der Waals surface area contributed by atoms with Gasteiger partial charge in [-0.05, 0) is 29.8 Å². The number of anilines is 1. The largest absolute Gasteiger partial charge is 0.370 e. The minimum absolute atomic E-state index is 0.848. The van der Waals surface area contributed by atoms with Crippen LogP contribution < -0.4 is 10.2 Å². The number of halogens is 1. The number of nitrogens with one attached hydrogen (secondary N) is 2. The molecule has 0 unspecified atom stereocenters. The van der Waals surface area contributed by atoms with Gasteiger partial charge in [0.15, 0.2) is 5.65 Å². The molecule has 0 aliphatic carbocycles. The predicted molar refractivity (Wildman–Crippen MR) is 127 cm³/mol. The number of aromatic nitrogens is 3. The maximum Gasteiger partial charge on any atom is 0.150 e. The van der Waals surface area contributed by atoms with E-state index >= 15 is 0 Å². The van der Waals surface area contributed by atoms with Crippen molar-refractivity contribution in [2.45, 2.75) is 0 Å². The summed E-state index contributed by atoms with van der Waals surface area (Å²) in [5, 5.41) is 4.64. The molecule has 1 fully saturated rings. The Morgan fingerprint density at radius 2 is 1.77 bits per heavy atom. The smallest absolute Gasteiger partial charge is 0.150 e. The van der Waals surface area contributed by atoms with E-state index in [2.05, 4.69) is 90.5 Å². The Bertz CT molecular complexity index is 1150. The lowest BCUT2D eigenvalue weighted by Crippen LogP contribution is -3.14. The van der Waals surface area contributed by atoms with Crippen molar-refractivity contribution in [1.82, 2.24) is 14.5 Å². The summed E-state index contributed by atoms with van der Waals surface area (Å²) in [4.78, 5) is 10.9. The molecule has 0 saturated carbocycles. The maximum absolute atomic E-state index is 5.47. The molecule has 6 nitrogen and oxygen atoms in total. The number of benzene rings is 2. The Morgan fingerprint density at radius 1 is 1.00 bits per heavy atom. The van der Waals surface area contributed by atoms with Crippen LogP contribution in [0.25, 0.3) is 27.8 Å². The lowest BCUT2D eigenvalue weighted by molar-refractivity contribution is -0.906. The van der Waals surface area contributed by atoms with Crippen molar-refractivity contribution < 1.29 is 9.64 Å². The van der Waals surface area contributed by atoms with Gasteiger partial charge < -0.3 is 19.5 Å². The normalized spacial score (nSPS) is 14.7. The third-order valence-corrected chi connectivity index (χ3v) is 6.27. The quantitative estimate of drug-likeness (QED) is 0.446. The molecule has 5 rings (SSSR count). The first kappa shape index (κ1) is 20.2. The molecule has 0 bridgehead atoms. The number of morpholine rings is 1. The summed E-state index contributed by atoms with van der Waals surface area (Å²) in [6.45, 7) is 5.73. The van der Waals surface area contributed by atoms with E-state index < -0.39 is 0 Å². The lowest BCUT2D eigenvalue weighted by Gasteiger charge is -2.23. The van der Waals surface area contributed by atoms with Crippen LogP contribution in [-0.4, -0.2) is 53.9 Å². The third-order valence-electron chi connectivity index (χ3n) is 5.74. The maximum atomic E-state index is 5.47. The first-order valence-corrected chi connectivity index (χ1v) is 11.4. The molecule has 1 aliphatic heterocycles. The molecule has 0 amide bonds. The molecule has 158 valence electrons. The van der Waals surface area contributed by atoms with Crippen LogP contribution in [0.3, 0.4) is 0 Å². The van der Waals surface area contributed by atoms with Gasteiger partial charge in [0.1, 0.15) is 25.2 Å². The van der Waals surface area contributed by atoms with Crippen molar-refractivity contribution in [3.05, 3.63) is 71.6 Å². The van der Waals surface area contributed by atoms with Crippen LogP contribution in [0.4, 0.5) is 5.82 Å². The van der Waals surface area contributed by atoms with E-state index in [4.69, 9.17) is 4.74 Å². The highest BCUT2D eigenvalue weighted by Crippen LogP contribution is 2.35. The molecule has 1 aliphatic rings. The number of hydrogen-bond acceptors (Lipinski definition) is 4. The standard InChI is InChI=1S/C24H24BrN5O/c25-19-6-8-20(9-7-19)30-16-21(18-4-2-1-3-5-18)22-23(27-17-28-24(22)30)26-10-11-29-12-14-31-15-13-29/h1-9,16-17H,10-15H2,(H,26,27,28)/p+1. The highest BCUT2D eigenvalue weighted by Gasteiger charge is 2.18. The molecule has 4 aromatic rings. The van der Waals surface area contributed by atoms with Crippen molar-refractivity contribution in [3.8, 4) is 16.8 Å². The van der Waals surface area contributed by atoms with Crippen molar-refractivity contribution >= 4 is 32.8 Å². The van der Waals surface area contributed by atoms with Gasteiger partial charge in [-0.15, -0.1) is 0 Å². The Balaban J connectivity index is 1.54. The van der Waals surface area contributed by atoms with Crippen molar-refractivity contribution in [2.24, 2.45) is 0 Å². The van der Waals surface area contributed by atoms with E-state index in [1.54, 1.807) is 11.2 Å². The molecule has 0 atom stereocenters. The second-order valence-corrected chi connectivity index (χ2v) is 8.63. The van der Waals surface area contributed by atoms with Crippen molar-refractivity contribution in [2.75, 3.05) is 44.7 Å². The van der Waals surface area contributed by atoms with Crippen LogP contribution in [-0.2, 0) is 4.74 Å². The van der Waals surface area contributed by atoms with Crippen LogP contribution in [0.1, 0.15) is 0 Å². The van der Waals surface area contributed by atoms with Crippen LogP contribution in [0, 0.1) is 0 Å². The van der Waals surface area contributed by atoms with Gasteiger partial charge >= 0.3 is 0 Å². The van der Waals surface area contributed by atoms with E-state index in [0.717, 1.165) is 77.5 Å². The van der Waals surface area contributed by atoms with Crippen molar-refractivity contribution in [1.29, 1.82) is 0 Å². The van der Waals surface area contributed by atoms with Crippen LogP contribution >= 0.6 is 15.9 Å². The summed E-state index contributed by atoms with van der Waals surface area (Å²) in [7, 11) is 0. The molecule has 0 spiro atoms. The Labute approximate surface area is 190 Å². The van der Waals surface area contributed by atoms with Gasteiger partial charge in [0.25, 0.3) is 0 Å². The molecule has 2 aromatic heterocycles. The first-order chi connectivity index (χ1) is 15.3. The molecule has 31 heavy (non-hydrogen) atoms. The van der Waals surface area contributed by atoms with E-state index in [1.165, 1.54) is 0 Å². The fourth-order valence-corrected chi connectivity index (χ4v) is 4.36. The predicted octanol–water partition coefficient (Wildman–Crippen LogP) is 3.18. The van der Waals surface area contributed by atoms with Crippen LogP contribution in [0.5, 0.6) is 0 Å². The molecular weight excluding hydrogens is 454 g/mol. The summed E-state index contributed by atoms with van der Waals surface area (Å²) in [6, 6.07) is 18.7. The van der Waals surface area contributed by atoms with Gasteiger partial charge in [0, 0.05) is 21.9 Å². The Kier molecular flexibility index (Phi) is 5.97. The Morgan fingerprint density at radius 3 is 2.55 bits per heavy atom. The van der Waals surface area contributed by atoms with Gasteiger partial charge in [-0.3, -0.25) is 0 Å². The van der Waals surface area contributed by atoms with Gasteiger partial charge in [-0.1, -0.05) is 46.3 Å². The highest BCUT2D eigenvalue weighted by atomic mass is 79.9. The van der Waals surface area contributed by atoms with Gasteiger partial charge in [-0.25, -0.2) is 9.97 Å². The van der Waals surface area contributed by atoms with E-state index in [0.29, 0.717) is 0 Å². The van der Waals surface area contributed by atoms with E-state index in [-0.39, 0.29) is 0 Å². The zero-order valence-electron chi connectivity index (χ0n) is 17.2. The SMILES string of the molecule is Brc1ccc(-n2cc(-c3ccccc3)c3c(NCC[NH+]4CCOCC4)ncnc32)cc1. The number of rotatable bonds is 6. The monoisotopic (exact) mass is 478 g/mol. The molecule has 2 N–H and O–H groups in total. The number of hydrogen-bond donors (Lipinski definition) is 2. The van der Waals surface area contributed by atoms with Gasteiger partial charge in [0.05, 0.1) is 31.7 Å². The number of fused-ring (bicyclic) bond motifs is 1. The molecular formula is C24H25BrN5O+. The zero-order chi connectivity index (χ0) is 21.0. The summed E-state index contributed by atoms with van der Waals surface area (Å²) in [5.41, 5.74) is 4.25. The number of quaternary nitrogens is 1. The molecule has 7 heteroatoms. The summed E-state index contributed by atoms with van der Waals surface area (Å²) >= 11 is 3.53. The Hall–Kier alpha value is -2.74. The fraction of sp³-hybridized carbons (Fsp3) is 0.250. The summed E-state index contributed by atoms with van der Waals surface area (Å²) < 4.78 is 8.67. The topological polar surface area (TPSA) is 56.4 Å². The van der Waals surface area contributed by atoms with Gasteiger partial charge in [-0.2, -0.15) is 0 Å². The highest BCUT2D eigenvalue weighted by molar-refractivity contribution is 9.10. The van der Waals surface area contributed by atoms with Gasteiger partial charge in [0.2, 0.25) is 0 Å². The summed E-state index contributed by atoms with van der Waals surface area (Å²) in [6.07, 6.45) is 3.81. The molecule has 0 radical (unpaired) electrons. The second kappa shape index (κ2) is 9.18. The number of nitrogens with zero attached hydrogens (tertiary/aromatic N) is 3. The first-order valence-electron chi connectivity index (χ1n) is 10.6. The summed E-state index contributed by atoms with van der Waals surface area (Å²) in [5.74, 6) is 0.882. The minimum atomic E-state index is 0.848.